The molecule has 1 aromatic rings. The summed E-state index contributed by atoms with van der Waals surface area (Å²) >= 11 is 0. The van der Waals surface area contributed by atoms with Crippen LogP contribution in [0.4, 0.5) is 0 Å². The molecule has 0 radical (unpaired) electrons. The Morgan fingerprint density at radius 1 is 1.75 bits per heavy atom. The Labute approximate surface area is 72.6 Å². The van der Waals surface area contributed by atoms with E-state index in [-0.39, 0.29) is 6.04 Å². The smallest absolute Gasteiger partial charge is 0.0951 e. The minimum Gasteiger partial charge on any atom is -0.330 e. The highest BCUT2D eigenvalue weighted by molar-refractivity contribution is 5.07. The number of nitrogens with zero attached hydrogens (tertiary/aromatic N) is 2. The second-order valence-electron chi connectivity index (χ2n) is 3.47. The van der Waals surface area contributed by atoms with Crippen molar-refractivity contribution in [1.82, 2.24) is 9.55 Å². The number of hydrogen-bond donors (Lipinski definition) is 1. The van der Waals surface area contributed by atoms with Crippen molar-refractivity contribution in [3.05, 3.63) is 18.2 Å². The SMILES string of the molecule is CC[C@@H](N)c1cncn1C1CC1. The molecular weight excluding hydrogens is 150 g/mol. The Morgan fingerprint density at radius 3 is 3.08 bits per heavy atom. The summed E-state index contributed by atoms with van der Waals surface area (Å²) in [6, 6.07) is 0.855. The summed E-state index contributed by atoms with van der Waals surface area (Å²) in [6.07, 6.45) is 7.37. The van der Waals surface area contributed by atoms with Gasteiger partial charge in [-0.15, -0.1) is 0 Å². The van der Waals surface area contributed by atoms with E-state index in [0.29, 0.717) is 6.04 Å². The molecular formula is C9H15N3. The van der Waals surface area contributed by atoms with Gasteiger partial charge in [0.15, 0.2) is 0 Å². The van der Waals surface area contributed by atoms with Gasteiger partial charge in [-0.05, 0) is 19.3 Å². The second-order valence-corrected chi connectivity index (χ2v) is 3.47. The van der Waals surface area contributed by atoms with Gasteiger partial charge in [0, 0.05) is 18.3 Å². The van der Waals surface area contributed by atoms with Crippen molar-refractivity contribution in [2.24, 2.45) is 5.73 Å². The van der Waals surface area contributed by atoms with Gasteiger partial charge >= 0.3 is 0 Å². The molecule has 2 rings (SSSR count). The first kappa shape index (κ1) is 7.80. The first-order valence-corrected chi connectivity index (χ1v) is 4.60. The molecule has 0 aromatic carbocycles. The van der Waals surface area contributed by atoms with Crippen molar-refractivity contribution in [3.8, 4) is 0 Å². The molecule has 66 valence electrons. The zero-order chi connectivity index (χ0) is 8.55. The highest BCUT2D eigenvalue weighted by Crippen LogP contribution is 2.36. The van der Waals surface area contributed by atoms with E-state index in [9.17, 15) is 0 Å². The van der Waals surface area contributed by atoms with Crippen LogP contribution in [0.3, 0.4) is 0 Å². The van der Waals surface area contributed by atoms with Crippen LogP contribution in [0.2, 0.25) is 0 Å². The fourth-order valence-corrected chi connectivity index (χ4v) is 1.47. The number of hydrogen-bond acceptors (Lipinski definition) is 2. The van der Waals surface area contributed by atoms with E-state index in [1.165, 1.54) is 18.5 Å². The van der Waals surface area contributed by atoms with Gasteiger partial charge in [-0.1, -0.05) is 6.92 Å². The molecule has 0 unspecified atom stereocenters. The average Bonchev–Trinajstić information content (AvgIpc) is 2.83. The lowest BCUT2D eigenvalue weighted by Crippen LogP contribution is -2.13. The van der Waals surface area contributed by atoms with E-state index in [2.05, 4.69) is 16.5 Å². The molecule has 1 aliphatic carbocycles. The van der Waals surface area contributed by atoms with Crippen molar-refractivity contribution in [2.75, 3.05) is 0 Å². The van der Waals surface area contributed by atoms with Gasteiger partial charge in [0.2, 0.25) is 0 Å². The van der Waals surface area contributed by atoms with Gasteiger partial charge in [0.1, 0.15) is 0 Å². The monoisotopic (exact) mass is 165 g/mol. The normalized spacial score (nSPS) is 19.5. The van der Waals surface area contributed by atoms with Crippen LogP contribution in [0.1, 0.15) is 44.0 Å². The maximum absolute atomic E-state index is 5.94. The van der Waals surface area contributed by atoms with Crippen LogP contribution in [-0.2, 0) is 0 Å². The zero-order valence-corrected chi connectivity index (χ0v) is 7.40. The van der Waals surface area contributed by atoms with E-state index < -0.39 is 0 Å². The van der Waals surface area contributed by atoms with Crippen LogP contribution in [0.15, 0.2) is 12.5 Å². The second kappa shape index (κ2) is 2.90. The number of imidazole rings is 1. The number of nitrogens with two attached hydrogens (primary N) is 1. The number of aromatic nitrogens is 2. The lowest BCUT2D eigenvalue weighted by Gasteiger charge is -2.11. The van der Waals surface area contributed by atoms with Gasteiger partial charge in [-0.25, -0.2) is 4.98 Å². The molecule has 1 aromatic heterocycles. The molecule has 1 atom stereocenters. The van der Waals surface area contributed by atoms with E-state index >= 15 is 0 Å². The van der Waals surface area contributed by atoms with Crippen LogP contribution in [0, 0.1) is 0 Å². The summed E-state index contributed by atoms with van der Waals surface area (Å²) in [7, 11) is 0. The van der Waals surface area contributed by atoms with E-state index in [0.717, 1.165) is 6.42 Å². The fourth-order valence-electron chi connectivity index (χ4n) is 1.47. The quantitative estimate of drug-likeness (QED) is 0.739. The molecule has 0 aliphatic heterocycles. The van der Waals surface area contributed by atoms with Crippen LogP contribution in [0.25, 0.3) is 0 Å². The minimum absolute atomic E-state index is 0.160. The summed E-state index contributed by atoms with van der Waals surface area (Å²) in [5, 5.41) is 0. The molecule has 1 fully saturated rings. The molecule has 12 heavy (non-hydrogen) atoms. The molecule has 0 amide bonds. The highest BCUT2D eigenvalue weighted by Gasteiger charge is 2.26. The lowest BCUT2D eigenvalue weighted by molar-refractivity contribution is 0.600. The van der Waals surface area contributed by atoms with Crippen molar-refractivity contribution in [2.45, 2.75) is 38.3 Å². The van der Waals surface area contributed by atoms with Gasteiger partial charge in [-0.3, -0.25) is 0 Å². The standard InChI is InChI=1S/C9H15N3/c1-2-8(10)9-5-11-6-12(9)7-3-4-7/h5-8H,2-4,10H2,1H3/t8-/m1/s1. The predicted molar refractivity (Wildman–Crippen MR) is 47.7 cm³/mol. The van der Waals surface area contributed by atoms with Crippen molar-refractivity contribution >= 4 is 0 Å². The number of rotatable bonds is 3. The maximum Gasteiger partial charge on any atom is 0.0951 e. The Morgan fingerprint density at radius 2 is 2.50 bits per heavy atom. The van der Waals surface area contributed by atoms with Crippen molar-refractivity contribution < 1.29 is 0 Å². The van der Waals surface area contributed by atoms with Crippen LogP contribution >= 0.6 is 0 Å². The van der Waals surface area contributed by atoms with E-state index in [4.69, 9.17) is 5.73 Å². The summed E-state index contributed by atoms with van der Waals surface area (Å²) in [5.74, 6) is 0. The predicted octanol–water partition coefficient (Wildman–Crippen LogP) is 1.63. The fraction of sp³-hybridized carbons (Fsp3) is 0.667. The van der Waals surface area contributed by atoms with Crippen molar-refractivity contribution in [1.29, 1.82) is 0 Å². The first-order valence-electron chi connectivity index (χ1n) is 4.60. The maximum atomic E-state index is 5.94. The summed E-state index contributed by atoms with van der Waals surface area (Å²) < 4.78 is 2.23. The molecule has 3 nitrogen and oxygen atoms in total. The molecule has 1 saturated carbocycles. The molecule has 1 aliphatic rings. The molecule has 1 heterocycles. The molecule has 0 bridgehead atoms. The van der Waals surface area contributed by atoms with Crippen LogP contribution in [-0.4, -0.2) is 9.55 Å². The van der Waals surface area contributed by atoms with Crippen molar-refractivity contribution in [3.63, 3.8) is 0 Å². The zero-order valence-electron chi connectivity index (χ0n) is 7.40. The Kier molecular flexibility index (Phi) is 1.89. The molecule has 3 heteroatoms. The Hall–Kier alpha value is -0.830. The van der Waals surface area contributed by atoms with Gasteiger partial charge < -0.3 is 10.3 Å². The van der Waals surface area contributed by atoms with Gasteiger partial charge in [0.05, 0.1) is 12.0 Å². The van der Waals surface area contributed by atoms with E-state index in [1.54, 1.807) is 0 Å². The van der Waals surface area contributed by atoms with Gasteiger partial charge in [-0.2, -0.15) is 0 Å². The largest absolute Gasteiger partial charge is 0.330 e. The summed E-state index contributed by atoms with van der Waals surface area (Å²) in [4.78, 5) is 4.14. The Bertz CT molecular complexity index is 262. The van der Waals surface area contributed by atoms with Crippen LogP contribution < -0.4 is 5.73 Å². The Balaban J connectivity index is 2.23. The average molecular weight is 165 g/mol. The molecule has 2 N–H and O–H groups in total. The molecule has 0 spiro atoms. The van der Waals surface area contributed by atoms with E-state index in [1.807, 2.05) is 12.5 Å². The van der Waals surface area contributed by atoms with Crippen LogP contribution in [0.5, 0.6) is 0 Å². The first-order chi connectivity index (χ1) is 5.83. The highest BCUT2D eigenvalue weighted by atomic mass is 15.1. The topological polar surface area (TPSA) is 43.8 Å². The summed E-state index contributed by atoms with van der Waals surface area (Å²) in [6.45, 7) is 2.11. The third-order valence-electron chi connectivity index (χ3n) is 2.46. The summed E-state index contributed by atoms with van der Waals surface area (Å²) in [5.41, 5.74) is 7.14. The third kappa shape index (κ3) is 1.25. The third-order valence-corrected chi connectivity index (χ3v) is 2.46. The van der Waals surface area contributed by atoms with Gasteiger partial charge in [0.25, 0.3) is 0 Å². The lowest BCUT2D eigenvalue weighted by atomic mass is 10.2. The molecule has 0 saturated heterocycles. The minimum atomic E-state index is 0.160.